The van der Waals surface area contributed by atoms with Gasteiger partial charge in [-0.05, 0) is 23.8 Å². The van der Waals surface area contributed by atoms with E-state index in [9.17, 15) is 4.79 Å². The van der Waals surface area contributed by atoms with E-state index in [-0.39, 0.29) is 5.56 Å². The van der Waals surface area contributed by atoms with Gasteiger partial charge in [0.2, 0.25) is 0 Å². The van der Waals surface area contributed by atoms with Gasteiger partial charge in [-0.25, -0.2) is 4.99 Å². The fourth-order valence-electron chi connectivity index (χ4n) is 3.88. The van der Waals surface area contributed by atoms with Gasteiger partial charge < -0.3 is 0 Å². The molecule has 1 heterocycles. The Morgan fingerprint density at radius 2 is 1.06 bits per heavy atom. The van der Waals surface area contributed by atoms with Crippen LogP contribution in [0.5, 0.6) is 0 Å². The molecule has 0 amide bonds. The molecule has 3 heteroatoms. The summed E-state index contributed by atoms with van der Waals surface area (Å²) in [6.07, 6.45) is 1.82. The highest BCUT2D eigenvalue weighted by atomic mass is 16.1. The van der Waals surface area contributed by atoms with Gasteiger partial charge in [-0.3, -0.25) is 9.36 Å². The molecule has 0 bridgehead atoms. The van der Waals surface area contributed by atoms with E-state index in [2.05, 4.69) is 0 Å². The average molecular weight is 427 g/mol. The van der Waals surface area contributed by atoms with Crippen LogP contribution in [0.3, 0.4) is 0 Å². The van der Waals surface area contributed by atoms with E-state index in [1.807, 2.05) is 134 Å². The minimum absolute atomic E-state index is 0.160. The van der Waals surface area contributed by atoms with Gasteiger partial charge in [-0.2, -0.15) is 0 Å². The van der Waals surface area contributed by atoms with Gasteiger partial charge in [0.25, 0.3) is 5.56 Å². The van der Waals surface area contributed by atoms with Crippen molar-refractivity contribution in [1.82, 2.24) is 4.57 Å². The summed E-state index contributed by atoms with van der Waals surface area (Å²) in [5.41, 5.74) is 5.48. The zero-order valence-corrected chi connectivity index (χ0v) is 18.0. The minimum Gasteiger partial charge on any atom is -0.282 e. The summed E-state index contributed by atoms with van der Waals surface area (Å²) in [4.78, 5) is 18.9. The first-order valence-corrected chi connectivity index (χ1v) is 10.9. The largest absolute Gasteiger partial charge is 0.282 e. The molecule has 0 spiro atoms. The number of nitrogens with zero attached hydrogens (tertiary/aromatic N) is 2. The predicted molar refractivity (Wildman–Crippen MR) is 136 cm³/mol. The van der Waals surface area contributed by atoms with E-state index >= 15 is 0 Å². The summed E-state index contributed by atoms with van der Waals surface area (Å²) >= 11 is 0. The first kappa shape index (κ1) is 20.4. The van der Waals surface area contributed by atoms with Gasteiger partial charge in [0.05, 0.1) is 5.71 Å². The van der Waals surface area contributed by atoms with Crippen molar-refractivity contribution < 1.29 is 0 Å². The van der Waals surface area contributed by atoms with Crippen molar-refractivity contribution in [2.24, 2.45) is 4.99 Å². The Bertz CT molecular complexity index is 1400. The zero-order valence-electron chi connectivity index (χ0n) is 18.0. The van der Waals surface area contributed by atoms with E-state index < -0.39 is 0 Å². The molecule has 0 atom stereocenters. The highest BCUT2D eigenvalue weighted by Crippen LogP contribution is 2.29. The molecule has 0 aliphatic carbocycles. The first-order valence-electron chi connectivity index (χ1n) is 10.9. The topological polar surface area (TPSA) is 34.4 Å². The normalized spacial score (nSPS) is 10.5. The smallest absolute Gasteiger partial charge is 0.281 e. The summed E-state index contributed by atoms with van der Waals surface area (Å²) in [6.45, 7) is 0. The highest BCUT2D eigenvalue weighted by molar-refractivity contribution is 6.14. The fraction of sp³-hybridized carbons (Fsp3) is 0. The molecule has 158 valence electrons. The molecule has 4 aromatic carbocycles. The van der Waals surface area contributed by atoms with Gasteiger partial charge in [0.15, 0.2) is 0 Å². The number of pyridine rings is 1. The van der Waals surface area contributed by atoms with Crippen molar-refractivity contribution in [3.63, 3.8) is 0 Å². The van der Waals surface area contributed by atoms with Gasteiger partial charge in [-0.1, -0.05) is 109 Å². The second-order valence-electron chi connectivity index (χ2n) is 7.65. The Labute approximate surface area is 193 Å². The molecule has 0 saturated carbocycles. The SMILES string of the molecule is O=c1c(N=C(c2ccccc2)c2ccccc2)c(-c2ccccc2)ccn1-c1ccccc1. The number of aromatic nitrogens is 1. The van der Waals surface area contributed by atoms with Crippen LogP contribution in [0.2, 0.25) is 0 Å². The quantitative estimate of drug-likeness (QED) is 0.289. The van der Waals surface area contributed by atoms with E-state index in [1.165, 1.54) is 0 Å². The zero-order chi connectivity index (χ0) is 22.5. The Balaban J connectivity index is 1.80. The molecule has 5 aromatic rings. The van der Waals surface area contributed by atoms with Crippen molar-refractivity contribution in [3.05, 3.63) is 155 Å². The first-order chi connectivity index (χ1) is 16.3. The van der Waals surface area contributed by atoms with E-state index in [4.69, 9.17) is 4.99 Å². The fourth-order valence-corrected chi connectivity index (χ4v) is 3.88. The monoisotopic (exact) mass is 426 g/mol. The van der Waals surface area contributed by atoms with Crippen LogP contribution >= 0.6 is 0 Å². The van der Waals surface area contributed by atoms with Crippen LogP contribution in [0.15, 0.2) is 143 Å². The van der Waals surface area contributed by atoms with Gasteiger partial charge >= 0.3 is 0 Å². The van der Waals surface area contributed by atoms with E-state index in [0.717, 1.165) is 33.7 Å². The maximum Gasteiger partial charge on any atom is 0.281 e. The van der Waals surface area contributed by atoms with Crippen LogP contribution in [-0.4, -0.2) is 10.3 Å². The summed E-state index contributed by atoms with van der Waals surface area (Å²) in [7, 11) is 0. The van der Waals surface area contributed by atoms with Crippen molar-refractivity contribution in [1.29, 1.82) is 0 Å². The summed E-state index contributed by atoms with van der Waals surface area (Å²) in [5.74, 6) is 0. The number of benzene rings is 4. The van der Waals surface area contributed by atoms with E-state index in [1.54, 1.807) is 4.57 Å². The molecule has 0 fully saturated rings. The minimum atomic E-state index is -0.160. The second-order valence-corrected chi connectivity index (χ2v) is 7.65. The third-order valence-corrected chi connectivity index (χ3v) is 5.50. The summed E-state index contributed by atoms with van der Waals surface area (Å²) in [5, 5.41) is 0. The summed E-state index contributed by atoms with van der Waals surface area (Å²) in [6, 6.07) is 41.5. The molecule has 5 rings (SSSR count). The highest BCUT2D eigenvalue weighted by Gasteiger charge is 2.15. The van der Waals surface area contributed by atoms with Crippen molar-refractivity contribution >= 4 is 11.4 Å². The van der Waals surface area contributed by atoms with Crippen LogP contribution in [0, 0.1) is 0 Å². The number of aliphatic imine (C=N–C) groups is 1. The molecular formula is C30H22N2O. The lowest BCUT2D eigenvalue weighted by molar-refractivity contribution is 0.990. The van der Waals surface area contributed by atoms with Crippen molar-refractivity contribution in [2.45, 2.75) is 0 Å². The maximum atomic E-state index is 13.8. The van der Waals surface area contributed by atoms with Crippen molar-refractivity contribution in [3.8, 4) is 16.8 Å². The Hall–Kier alpha value is -4.50. The van der Waals surface area contributed by atoms with Crippen LogP contribution in [-0.2, 0) is 0 Å². The lowest BCUT2D eigenvalue weighted by atomic mass is 10.0. The van der Waals surface area contributed by atoms with Crippen LogP contribution < -0.4 is 5.56 Å². The summed E-state index contributed by atoms with van der Waals surface area (Å²) < 4.78 is 1.65. The molecule has 0 unspecified atom stereocenters. The number of rotatable bonds is 5. The van der Waals surface area contributed by atoms with Gasteiger partial charge in [0.1, 0.15) is 5.69 Å². The average Bonchev–Trinajstić information content (AvgIpc) is 2.90. The maximum absolute atomic E-state index is 13.8. The lowest BCUT2D eigenvalue weighted by Crippen LogP contribution is -2.18. The number of hydrogen-bond donors (Lipinski definition) is 0. The molecule has 0 N–H and O–H groups in total. The van der Waals surface area contributed by atoms with Crippen LogP contribution in [0.4, 0.5) is 5.69 Å². The van der Waals surface area contributed by atoms with Crippen LogP contribution in [0.1, 0.15) is 11.1 Å². The third kappa shape index (κ3) is 4.30. The molecular weight excluding hydrogens is 404 g/mol. The molecule has 3 nitrogen and oxygen atoms in total. The number of hydrogen-bond acceptors (Lipinski definition) is 2. The molecule has 1 aromatic heterocycles. The van der Waals surface area contributed by atoms with E-state index in [0.29, 0.717) is 5.69 Å². The Kier molecular flexibility index (Phi) is 5.77. The standard InChI is InChI=1S/C30H22N2O/c33-30-29(31-28(24-15-7-2-8-16-24)25-17-9-3-10-18-25)27(23-13-5-1-6-14-23)21-22-32(30)26-19-11-4-12-20-26/h1-22H. The van der Waals surface area contributed by atoms with Crippen molar-refractivity contribution in [2.75, 3.05) is 0 Å². The van der Waals surface area contributed by atoms with Crippen LogP contribution in [0.25, 0.3) is 16.8 Å². The second kappa shape index (κ2) is 9.33. The number of para-hydroxylation sites is 1. The van der Waals surface area contributed by atoms with Gasteiger partial charge in [-0.15, -0.1) is 0 Å². The Morgan fingerprint density at radius 3 is 1.61 bits per heavy atom. The molecule has 0 saturated heterocycles. The third-order valence-electron chi connectivity index (χ3n) is 5.50. The van der Waals surface area contributed by atoms with Gasteiger partial charge in [0, 0.05) is 28.6 Å². The predicted octanol–water partition coefficient (Wildman–Crippen LogP) is 6.67. The Morgan fingerprint density at radius 1 is 0.576 bits per heavy atom. The molecule has 33 heavy (non-hydrogen) atoms. The molecule has 0 aliphatic heterocycles. The molecule has 0 aliphatic rings. The lowest BCUT2D eigenvalue weighted by Gasteiger charge is -2.13. The molecule has 0 radical (unpaired) electrons.